The van der Waals surface area contributed by atoms with Crippen LogP contribution >= 0.6 is 0 Å². The highest BCUT2D eigenvalue weighted by Gasteiger charge is 2.56. The summed E-state index contributed by atoms with van der Waals surface area (Å²) in [5.41, 5.74) is 4.64. The number of hydrogen-bond donors (Lipinski definition) is 1. The normalized spacial score (nSPS) is 28.3. The molecule has 2 heterocycles. The lowest BCUT2D eigenvalue weighted by Crippen LogP contribution is -2.52. The minimum Gasteiger partial charge on any atom is -0.298 e. The molecule has 2 aromatic heterocycles. The fourth-order valence-corrected chi connectivity index (χ4v) is 5.54. The van der Waals surface area contributed by atoms with Crippen molar-refractivity contribution in [2.24, 2.45) is 17.8 Å². The molecule has 3 aromatic rings. The largest absolute Gasteiger partial charge is 0.298 e. The van der Waals surface area contributed by atoms with Crippen molar-refractivity contribution in [2.75, 3.05) is 0 Å². The molecule has 0 bridgehead atoms. The molecular formula is C23H21N5O. The number of nitrogens with one attached hydrogen (secondary N) is 1. The van der Waals surface area contributed by atoms with Crippen molar-refractivity contribution in [1.82, 2.24) is 20.2 Å². The highest BCUT2D eigenvalue weighted by Crippen LogP contribution is 2.56. The maximum absolute atomic E-state index is 12.9. The van der Waals surface area contributed by atoms with Crippen molar-refractivity contribution in [3.63, 3.8) is 0 Å². The SMILES string of the molecule is CC1C(=O)C(C#N)C[C@]2(c3ccccc3)c3n[nH]c(-c4cncnc4)c3CCC12. The van der Waals surface area contributed by atoms with E-state index in [-0.39, 0.29) is 17.6 Å². The molecule has 6 nitrogen and oxygen atoms in total. The number of fused-ring (bicyclic) bond motifs is 3. The number of carbonyl (C=O) groups is 1. The molecule has 1 aromatic carbocycles. The van der Waals surface area contributed by atoms with Crippen molar-refractivity contribution >= 4 is 5.78 Å². The molecule has 0 spiro atoms. The van der Waals surface area contributed by atoms with Gasteiger partial charge in [-0.3, -0.25) is 9.89 Å². The van der Waals surface area contributed by atoms with Crippen LogP contribution in [-0.4, -0.2) is 25.9 Å². The van der Waals surface area contributed by atoms with E-state index in [1.54, 1.807) is 12.4 Å². The number of ketones is 1. The van der Waals surface area contributed by atoms with Crippen molar-refractivity contribution in [3.8, 4) is 17.3 Å². The molecular weight excluding hydrogens is 362 g/mol. The number of nitriles is 1. The van der Waals surface area contributed by atoms with Crippen LogP contribution in [-0.2, 0) is 16.6 Å². The third-order valence-electron chi connectivity index (χ3n) is 6.84. The Morgan fingerprint density at radius 2 is 1.97 bits per heavy atom. The molecule has 1 saturated carbocycles. The maximum atomic E-state index is 12.9. The predicted octanol–water partition coefficient (Wildman–Crippen LogP) is 3.46. The number of rotatable bonds is 2. The van der Waals surface area contributed by atoms with E-state index in [1.807, 2.05) is 25.1 Å². The van der Waals surface area contributed by atoms with E-state index in [2.05, 4.69) is 33.3 Å². The van der Waals surface area contributed by atoms with Crippen molar-refractivity contribution in [1.29, 1.82) is 5.26 Å². The molecule has 6 heteroatoms. The minimum atomic E-state index is -0.618. The number of Topliss-reactive ketones (excluding diaryl/α,β-unsaturated/α-hetero) is 1. The van der Waals surface area contributed by atoms with Gasteiger partial charge in [-0.1, -0.05) is 37.3 Å². The first-order valence-corrected chi connectivity index (χ1v) is 9.98. The van der Waals surface area contributed by atoms with E-state index in [0.29, 0.717) is 6.42 Å². The lowest BCUT2D eigenvalue weighted by atomic mass is 9.51. The number of benzene rings is 1. The minimum absolute atomic E-state index is 0.0692. The molecule has 5 rings (SSSR count). The van der Waals surface area contributed by atoms with Gasteiger partial charge < -0.3 is 0 Å². The Labute approximate surface area is 169 Å². The van der Waals surface area contributed by atoms with Gasteiger partial charge in [0, 0.05) is 34.9 Å². The first-order valence-electron chi connectivity index (χ1n) is 9.98. The molecule has 1 N–H and O–H groups in total. The van der Waals surface area contributed by atoms with E-state index in [9.17, 15) is 10.1 Å². The fourth-order valence-electron chi connectivity index (χ4n) is 5.54. The third kappa shape index (κ3) is 2.47. The second-order valence-corrected chi connectivity index (χ2v) is 8.11. The van der Waals surface area contributed by atoms with Gasteiger partial charge in [0.2, 0.25) is 0 Å². The second-order valence-electron chi connectivity index (χ2n) is 8.11. The van der Waals surface area contributed by atoms with Gasteiger partial charge in [-0.2, -0.15) is 10.4 Å². The Balaban J connectivity index is 1.76. The average molecular weight is 383 g/mol. The molecule has 0 aliphatic heterocycles. The molecule has 4 atom stereocenters. The van der Waals surface area contributed by atoms with Gasteiger partial charge in [-0.15, -0.1) is 0 Å². The fraction of sp³-hybridized carbons (Fsp3) is 0.348. The number of aromatic nitrogens is 4. The first kappa shape index (κ1) is 17.7. The highest BCUT2D eigenvalue weighted by atomic mass is 16.1. The van der Waals surface area contributed by atoms with Gasteiger partial charge in [-0.05, 0) is 30.7 Å². The zero-order valence-corrected chi connectivity index (χ0v) is 16.2. The van der Waals surface area contributed by atoms with Crippen molar-refractivity contribution in [3.05, 3.63) is 65.9 Å². The Morgan fingerprint density at radius 1 is 1.21 bits per heavy atom. The molecule has 0 amide bonds. The molecule has 3 unspecified atom stereocenters. The zero-order chi connectivity index (χ0) is 20.0. The summed E-state index contributed by atoms with van der Waals surface area (Å²) >= 11 is 0. The van der Waals surface area contributed by atoms with Gasteiger partial charge >= 0.3 is 0 Å². The standard InChI is InChI=1S/C23H21N5O/c1-14-19-8-7-18-20(16-11-25-13-26-12-16)27-28-22(18)23(19,9-15(10-24)21(14)29)17-5-3-2-4-6-17/h2-6,11-15,19H,7-9H2,1H3,(H,27,28)/t14?,15?,19?,23-/m1/s1. The van der Waals surface area contributed by atoms with E-state index in [4.69, 9.17) is 5.10 Å². The van der Waals surface area contributed by atoms with Crippen LogP contribution in [0.1, 0.15) is 36.6 Å². The average Bonchev–Trinajstić information content (AvgIpc) is 3.22. The summed E-state index contributed by atoms with van der Waals surface area (Å²) in [5.74, 6) is -0.605. The molecule has 2 aliphatic rings. The van der Waals surface area contributed by atoms with Crippen LogP contribution in [0.25, 0.3) is 11.3 Å². The predicted molar refractivity (Wildman–Crippen MR) is 107 cm³/mol. The van der Waals surface area contributed by atoms with E-state index < -0.39 is 11.3 Å². The quantitative estimate of drug-likeness (QED) is 0.731. The smallest absolute Gasteiger partial charge is 0.153 e. The van der Waals surface area contributed by atoms with Crippen LogP contribution in [0.15, 0.2) is 49.1 Å². The summed E-state index contributed by atoms with van der Waals surface area (Å²) in [6.45, 7) is 1.98. The topological polar surface area (TPSA) is 95.3 Å². The van der Waals surface area contributed by atoms with Crippen LogP contribution in [0.2, 0.25) is 0 Å². The van der Waals surface area contributed by atoms with Crippen LogP contribution in [0.5, 0.6) is 0 Å². The molecule has 144 valence electrons. The number of H-pyrrole nitrogens is 1. The van der Waals surface area contributed by atoms with Gasteiger partial charge in [0.05, 0.1) is 17.5 Å². The van der Waals surface area contributed by atoms with Crippen molar-refractivity contribution in [2.45, 2.75) is 31.6 Å². The summed E-state index contributed by atoms with van der Waals surface area (Å²) < 4.78 is 0. The Bertz CT molecular complexity index is 1100. The number of nitrogens with zero attached hydrogens (tertiary/aromatic N) is 4. The summed E-state index contributed by atoms with van der Waals surface area (Å²) in [5, 5.41) is 17.8. The molecule has 29 heavy (non-hydrogen) atoms. The van der Waals surface area contributed by atoms with Crippen LogP contribution < -0.4 is 0 Å². The van der Waals surface area contributed by atoms with Crippen LogP contribution in [0.4, 0.5) is 0 Å². The summed E-state index contributed by atoms with van der Waals surface area (Å²) in [6, 6.07) is 12.5. The Hall–Kier alpha value is -3.33. The van der Waals surface area contributed by atoms with E-state index >= 15 is 0 Å². The molecule has 0 radical (unpaired) electrons. The van der Waals surface area contributed by atoms with Crippen LogP contribution in [0, 0.1) is 29.1 Å². The molecule has 0 saturated heterocycles. The molecule has 2 aliphatic carbocycles. The Kier molecular flexibility index (Phi) is 4.06. The second kappa shape index (κ2) is 6.63. The summed E-state index contributed by atoms with van der Waals surface area (Å²) in [4.78, 5) is 21.2. The van der Waals surface area contributed by atoms with Crippen LogP contribution in [0.3, 0.4) is 0 Å². The monoisotopic (exact) mass is 383 g/mol. The summed E-state index contributed by atoms with van der Waals surface area (Å²) in [6.07, 6.45) is 7.28. The number of aromatic amines is 1. The Morgan fingerprint density at radius 3 is 2.69 bits per heavy atom. The summed E-state index contributed by atoms with van der Waals surface area (Å²) in [7, 11) is 0. The van der Waals surface area contributed by atoms with Gasteiger partial charge in [-0.25, -0.2) is 9.97 Å². The number of hydrogen-bond acceptors (Lipinski definition) is 5. The first-order chi connectivity index (χ1) is 14.2. The van der Waals surface area contributed by atoms with Gasteiger partial charge in [0.1, 0.15) is 12.2 Å². The molecule has 1 fully saturated rings. The zero-order valence-electron chi connectivity index (χ0n) is 16.2. The van der Waals surface area contributed by atoms with Crippen molar-refractivity contribution < 1.29 is 4.79 Å². The van der Waals surface area contributed by atoms with Gasteiger partial charge in [0.15, 0.2) is 5.78 Å². The van der Waals surface area contributed by atoms with Gasteiger partial charge in [0.25, 0.3) is 0 Å². The maximum Gasteiger partial charge on any atom is 0.153 e. The van der Waals surface area contributed by atoms with E-state index in [0.717, 1.165) is 40.9 Å². The highest BCUT2D eigenvalue weighted by molar-refractivity contribution is 5.87. The lowest BCUT2D eigenvalue weighted by molar-refractivity contribution is -0.131. The van der Waals surface area contributed by atoms with E-state index in [1.165, 1.54) is 6.33 Å². The lowest BCUT2D eigenvalue weighted by Gasteiger charge is -2.50. The number of carbonyl (C=O) groups excluding carboxylic acids is 1. The third-order valence-corrected chi connectivity index (χ3v) is 6.84.